The van der Waals surface area contributed by atoms with Crippen molar-refractivity contribution in [2.24, 2.45) is 5.73 Å². The van der Waals surface area contributed by atoms with Crippen LogP contribution in [-0.4, -0.2) is 15.5 Å². The Bertz CT molecular complexity index is 707. The number of fused-ring (bicyclic) bond motifs is 1. The molecule has 19 heavy (non-hydrogen) atoms. The molecule has 3 N–H and O–H groups in total. The molecule has 1 heterocycles. The largest absolute Gasteiger partial charge is 0.370 e. The summed E-state index contributed by atoms with van der Waals surface area (Å²) in [6.07, 6.45) is 1.95. The van der Waals surface area contributed by atoms with Gasteiger partial charge in [-0.3, -0.25) is 4.79 Å². The van der Waals surface area contributed by atoms with Crippen molar-refractivity contribution in [2.75, 3.05) is 0 Å². The van der Waals surface area contributed by atoms with E-state index in [1.807, 2.05) is 16.7 Å². The van der Waals surface area contributed by atoms with Crippen molar-refractivity contribution in [3.05, 3.63) is 28.5 Å². The Balaban J connectivity index is 2.24. The number of aromatic nitrogens is 2. The molecule has 0 aliphatic heterocycles. The minimum atomic E-state index is -0.283. The van der Waals surface area contributed by atoms with E-state index < -0.39 is 0 Å². The zero-order valence-electron chi connectivity index (χ0n) is 10.3. The van der Waals surface area contributed by atoms with Crippen molar-refractivity contribution in [3.8, 4) is 6.07 Å². The first-order chi connectivity index (χ1) is 9.13. The quantitative estimate of drug-likeness (QED) is 0.647. The number of para-hydroxylation sites is 1. The monoisotopic (exact) mass is 274 g/mol. The van der Waals surface area contributed by atoms with Crippen LogP contribution in [0.5, 0.6) is 0 Å². The molecule has 0 atom stereocenters. The molecule has 0 spiro atoms. The maximum Gasteiger partial charge on any atom is 0.217 e. The van der Waals surface area contributed by atoms with Crippen molar-refractivity contribution >= 4 is 29.2 Å². The summed E-state index contributed by atoms with van der Waals surface area (Å²) in [5.74, 6) is -0.283. The number of nitrogens with one attached hydrogen (secondary N) is 1. The maximum absolute atomic E-state index is 10.7. The number of nitrogens with zero attached hydrogens (tertiary/aromatic N) is 2. The van der Waals surface area contributed by atoms with Crippen molar-refractivity contribution < 1.29 is 4.79 Å². The van der Waals surface area contributed by atoms with E-state index in [9.17, 15) is 4.79 Å². The molecular formula is C13H14N4OS. The number of unbranched alkanes of at least 4 members (excludes halogenated alkanes) is 1. The Kier molecular flexibility index (Phi) is 3.97. The summed E-state index contributed by atoms with van der Waals surface area (Å²) in [5, 5.41) is 9.05. The Morgan fingerprint density at radius 1 is 1.47 bits per heavy atom. The lowest BCUT2D eigenvalue weighted by Gasteiger charge is -2.03. The van der Waals surface area contributed by atoms with E-state index in [2.05, 4.69) is 11.1 Å². The van der Waals surface area contributed by atoms with E-state index in [1.165, 1.54) is 0 Å². The highest BCUT2D eigenvalue weighted by Crippen LogP contribution is 2.18. The van der Waals surface area contributed by atoms with E-state index in [1.54, 1.807) is 6.07 Å². The Hall–Kier alpha value is -2.13. The van der Waals surface area contributed by atoms with Gasteiger partial charge in [0.1, 0.15) is 6.07 Å². The number of primary amides is 1. The predicted molar refractivity (Wildman–Crippen MR) is 74.9 cm³/mol. The number of carbonyl (C=O) groups excluding carboxylic acids is 1. The van der Waals surface area contributed by atoms with Gasteiger partial charge in [-0.2, -0.15) is 5.26 Å². The fraction of sp³-hybridized carbons (Fsp3) is 0.308. The lowest BCUT2D eigenvalue weighted by molar-refractivity contribution is -0.118. The van der Waals surface area contributed by atoms with E-state index in [0.717, 1.165) is 23.9 Å². The average molecular weight is 274 g/mol. The summed E-state index contributed by atoms with van der Waals surface area (Å²) >= 11 is 5.27. The highest BCUT2D eigenvalue weighted by atomic mass is 32.1. The van der Waals surface area contributed by atoms with Crippen molar-refractivity contribution in [1.82, 2.24) is 9.55 Å². The van der Waals surface area contributed by atoms with Gasteiger partial charge >= 0.3 is 0 Å². The first kappa shape index (κ1) is 13.3. The number of imidazole rings is 1. The van der Waals surface area contributed by atoms with Crippen molar-refractivity contribution in [2.45, 2.75) is 25.8 Å². The molecule has 1 aromatic heterocycles. The summed E-state index contributed by atoms with van der Waals surface area (Å²) < 4.78 is 2.55. The smallest absolute Gasteiger partial charge is 0.217 e. The topological polar surface area (TPSA) is 87.6 Å². The molecule has 5 nitrogen and oxygen atoms in total. The van der Waals surface area contributed by atoms with Crippen LogP contribution < -0.4 is 5.73 Å². The molecule has 0 saturated carbocycles. The van der Waals surface area contributed by atoms with Gasteiger partial charge in [-0.05, 0) is 37.2 Å². The van der Waals surface area contributed by atoms with Crippen LogP contribution in [0.2, 0.25) is 0 Å². The molecule has 1 amide bonds. The number of amides is 1. The minimum absolute atomic E-state index is 0.283. The molecule has 2 aromatic rings. The van der Waals surface area contributed by atoms with Gasteiger partial charge in [-0.25, -0.2) is 0 Å². The third-order valence-electron chi connectivity index (χ3n) is 2.99. The second-order valence-electron chi connectivity index (χ2n) is 4.32. The van der Waals surface area contributed by atoms with Gasteiger partial charge in [-0.15, -0.1) is 0 Å². The molecule has 98 valence electrons. The van der Waals surface area contributed by atoms with Crippen LogP contribution >= 0.6 is 12.2 Å². The molecular weight excluding hydrogens is 260 g/mol. The number of nitriles is 1. The van der Waals surface area contributed by atoms with Crippen LogP contribution in [0, 0.1) is 16.1 Å². The number of rotatable bonds is 5. The third-order valence-corrected chi connectivity index (χ3v) is 3.31. The van der Waals surface area contributed by atoms with E-state index >= 15 is 0 Å². The summed E-state index contributed by atoms with van der Waals surface area (Å²) in [7, 11) is 0. The molecule has 2 rings (SSSR count). The van der Waals surface area contributed by atoms with E-state index in [0.29, 0.717) is 23.3 Å². The van der Waals surface area contributed by atoms with Gasteiger partial charge in [0, 0.05) is 13.0 Å². The lowest BCUT2D eigenvalue weighted by atomic mass is 10.2. The van der Waals surface area contributed by atoms with Crippen molar-refractivity contribution in [1.29, 1.82) is 5.26 Å². The lowest BCUT2D eigenvalue weighted by Crippen LogP contribution is -2.10. The number of hydrogen-bond acceptors (Lipinski definition) is 3. The van der Waals surface area contributed by atoms with Gasteiger partial charge in [0.05, 0.1) is 16.6 Å². The average Bonchev–Trinajstić information content (AvgIpc) is 2.70. The number of H-pyrrole nitrogens is 1. The van der Waals surface area contributed by atoms with E-state index in [4.69, 9.17) is 23.2 Å². The number of carbonyl (C=O) groups is 1. The molecule has 6 heteroatoms. The number of aromatic amines is 1. The second-order valence-corrected chi connectivity index (χ2v) is 4.70. The standard InChI is InChI=1S/C13H14N4OS/c14-8-9-4-3-5-10-12(9)16-13(19)17(10)7-2-1-6-11(15)18/h3-5H,1-2,6-7H2,(H2,15,18)(H,16,19). The second kappa shape index (κ2) is 5.67. The van der Waals surface area contributed by atoms with Crippen LogP contribution in [0.3, 0.4) is 0 Å². The van der Waals surface area contributed by atoms with Gasteiger partial charge in [-0.1, -0.05) is 6.07 Å². The zero-order valence-corrected chi connectivity index (χ0v) is 11.2. The highest BCUT2D eigenvalue weighted by Gasteiger charge is 2.07. The fourth-order valence-electron chi connectivity index (χ4n) is 2.06. The summed E-state index contributed by atoms with van der Waals surface area (Å²) in [6, 6.07) is 7.66. The minimum Gasteiger partial charge on any atom is -0.370 e. The molecule has 0 bridgehead atoms. The summed E-state index contributed by atoms with van der Waals surface area (Å²) in [6.45, 7) is 0.709. The van der Waals surface area contributed by atoms with Crippen LogP contribution in [0.15, 0.2) is 18.2 Å². The highest BCUT2D eigenvalue weighted by molar-refractivity contribution is 7.71. The molecule has 0 unspecified atom stereocenters. The number of benzene rings is 1. The number of hydrogen-bond donors (Lipinski definition) is 2. The number of aryl methyl sites for hydroxylation is 1. The molecule has 0 fully saturated rings. The van der Waals surface area contributed by atoms with Gasteiger partial charge < -0.3 is 15.3 Å². The van der Waals surface area contributed by atoms with Gasteiger partial charge in [0.25, 0.3) is 0 Å². The van der Waals surface area contributed by atoms with Crippen molar-refractivity contribution in [3.63, 3.8) is 0 Å². The Morgan fingerprint density at radius 2 is 2.26 bits per heavy atom. The fourth-order valence-corrected chi connectivity index (χ4v) is 2.36. The van der Waals surface area contributed by atoms with Crippen LogP contribution in [0.4, 0.5) is 0 Å². The molecule has 0 aliphatic rings. The molecule has 0 radical (unpaired) electrons. The summed E-state index contributed by atoms with van der Waals surface area (Å²) in [4.78, 5) is 13.7. The maximum atomic E-state index is 10.7. The SMILES string of the molecule is N#Cc1cccc2c1[nH]c(=S)n2CCCCC(N)=O. The third kappa shape index (κ3) is 2.83. The van der Waals surface area contributed by atoms with Crippen LogP contribution in [-0.2, 0) is 11.3 Å². The molecule has 1 aromatic carbocycles. The predicted octanol–water partition coefficient (Wildman–Crippen LogP) is 2.23. The Morgan fingerprint density at radius 3 is 2.95 bits per heavy atom. The van der Waals surface area contributed by atoms with Gasteiger partial charge in [0.2, 0.25) is 5.91 Å². The molecule has 0 saturated heterocycles. The van der Waals surface area contributed by atoms with Crippen LogP contribution in [0.1, 0.15) is 24.8 Å². The molecule has 0 aliphatic carbocycles. The first-order valence-corrected chi connectivity index (χ1v) is 6.44. The Labute approximate surface area is 115 Å². The van der Waals surface area contributed by atoms with Crippen LogP contribution in [0.25, 0.3) is 11.0 Å². The normalized spacial score (nSPS) is 10.5. The summed E-state index contributed by atoms with van der Waals surface area (Å²) in [5.41, 5.74) is 7.37. The van der Waals surface area contributed by atoms with Gasteiger partial charge in [0.15, 0.2) is 4.77 Å². The first-order valence-electron chi connectivity index (χ1n) is 6.03. The number of nitrogens with two attached hydrogens (primary N) is 1. The van der Waals surface area contributed by atoms with E-state index in [-0.39, 0.29) is 5.91 Å². The zero-order chi connectivity index (χ0) is 13.8.